The van der Waals surface area contributed by atoms with Gasteiger partial charge in [0, 0.05) is 37.7 Å². The van der Waals surface area contributed by atoms with Crippen LogP contribution in [0.2, 0.25) is 0 Å². The molecule has 0 aromatic heterocycles. The second-order valence-electron chi connectivity index (χ2n) is 18.3. The number of ketones is 1. The lowest BCUT2D eigenvalue weighted by Gasteiger charge is -2.67. The molecule has 3 aromatic rings. The van der Waals surface area contributed by atoms with Crippen LogP contribution in [-0.2, 0) is 52.4 Å². The van der Waals surface area contributed by atoms with Gasteiger partial charge in [-0.2, -0.15) is 0 Å². The van der Waals surface area contributed by atoms with Gasteiger partial charge < -0.3 is 44.0 Å². The number of nitrogens with one attached hydrogen (secondary N) is 1. The number of ether oxygens (including phenoxy) is 6. The molecule has 2 saturated carbocycles. The van der Waals surface area contributed by atoms with Crippen molar-refractivity contribution in [2.24, 2.45) is 16.7 Å². The minimum atomic E-state index is -2.44. The summed E-state index contributed by atoms with van der Waals surface area (Å²) in [7, 11) is 0. The Balaban J connectivity index is 1.43. The lowest BCUT2D eigenvalue weighted by atomic mass is 9.44. The molecular formula is C51H55NO15. The van der Waals surface area contributed by atoms with E-state index in [9.17, 15) is 34.2 Å². The molecule has 1 aliphatic heterocycles. The fourth-order valence-electron chi connectivity index (χ4n) is 10.6. The number of rotatable bonds is 13. The second-order valence-corrected chi connectivity index (χ2v) is 18.3. The van der Waals surface area contributed by atoms with Crippen LogP contribution in [0.3, 0.4) is 0 Å². The monoisotopic (exact) mass is 921 g/mol. The Hall–Kier alpha value is -6.49. The molecule has 3 fully saturated rings. The van der Waals surface area contributed by atoms with Gasteiger partial charge in [-0.25, -0.2) is 9.59 Å². The van der Waals surface area contributed by atoms with Crippen LogP contribution >= 0.6 is 0 Å². The molecule has 0 radical (unpaired) electrons. The van der Waals surface area contributed by atoms with Gasteiger partial charge in [-0.15, -0.1) is 6.58 Å². The molecule has 3 aromatic carbocycles. The number of fused-ring (bicyclic) bond motifs is 5. The Morgan fingerprint density at radius 3 is 2.01 bits per heavy atom. The predicted molar refractivity (Wildman–Crippen MR) is 236 cm³/mol. The molecule has 16 nitrogen and oxygen atoms in total. The van der Waals surface area contributed by atoms with Crippen LogP contribution in [0, 0.1) is 16.7 Å². The number of aliphatic hydroxyl groups excluding tert-OH is 1. The van der Waals surface area contributed by atoms with Gasteiger partial charge in [0.2, 0.25) is 6.10 Å². The number of benzene rings is 3. The Bertz CT molecular complexity index is 2470. The van der Waals surface area contributed by atoms with Crippen molar-refractivity contribution in [3.05, 3.63) is 131 Å². The summed E-state index contributed by atoms with van der Waals surface area (Å²) in [6, 6.07) is 22.8. The highest BCUT2D eigenvalue weighted by Gasteiger charge is 2.78. The first-order valence-corrected chi connectivity index (χ1v) is 22.0. The zero-order valence-corrected chi connectivity index (χ0v) is 38.1. The number of esters is 5. The number of amides is 1. The number of hydrogen-bond donors (Lipinski definition) is 3. The molecule has 2 bridgehead atoms. The number of hydrogen-bond acceptors (Lipinski definition) is 15. The summed E-state index contributed by atoms with van der Waals surface area (Å²) in [5.74, 6) is -7.84. The molecule has 3 aliphatic carbocycles. The standard InChI is InChI=1S/C51H55NO15/c1-8-18-37(56)65-41(39(31-19-12-9-13-20-31)52-45(58)32-21-14-10-15-22-32)47(60)64-34-26-51(61)44(66-46(59)33-23-16-11-17-24-33)42-49(7,35(55)25-36-50(42,27-62-36)67-30(4)54)43(57)40(63-29(3)53)38(28(34)2)48(51,5)6/h8-17,19-24,34-36,39-42,44,55,61H,1,18,25-27H2,2-7H3,(H,52,58)/t34?,35-,36+,39-,40+,41?,42?,44-,49+,50-,51+/m1/s1. The average molecular weight is 922 g/mol. The summed E-state index contributed by atoms with van der Waals surface area (Å²) in [6.07, 6.45) is -9.68. The van der Waals surface area contributed by atoms with Crippen LogP contribution in [0.1, 0.15) is 93.1 Å². The number of aliphatic hydroxyl groups is 2. The van der Waals surface area contributed by atoms with Crippen molar-refractivity contribution in [3.63, 3.8) is 0 Å². The first kappa shape index (κ1) is 48.4. The van der Waals surface area contributed by atoms with Crippen molar-refractivity contribution in [2.45, 2.75) is 115 Å². The van der Waals surface area contributed by atoms with E-state index < -0.39 is 119 Å². The van der Waals surface area contributed by atoms with Crippen molar-refractivity contribution in [1.29, 1.82) is 0 Å². The Kier molecular flexibility index (Phi) is 13.5. The third kappa shape index (κ3) is 8.57. The van der Waals surface area contributed by atoms with Crippen molar-refractivity contribution in [3.8, 4) is 0 Å². The van der Waals surface area contributed by atoms with Crippen LogP contribution in [0.25, 0.3) is 0 Å². The van der Waals surface area contributed by atoms with Crippen molar-refractivity contribution < 1.29 is 72.2 Å². The maximum atomic E-state index is 15.6. The molecule has 11 atom stereocenters. The Labute approximate surface area is 387 Å². The highest BCUT2D eigenvalue weighted by molar-refractivity contribution is 5.96. The smallest absolute Gasteiger partial charge is 0.350 e. The second kappa shape index (κ2) is 18.7. The minimum Gasteiger partial charge on any atom is -0.455 e. The maximum Gasteiger partial charge on any atom is 0.350 e. The SMILES string of the molecule is C=CCC(=O)OC(C(=O)OC1C[C@]2(O)[C@H](OC(=O)c3ccccc3)C3[C@@]4(OC(C)=O)CO[C@H]4C[C@@H](O)[C@]3(C)C(=O)[C@@H](OC(C)=O)C(=C1C)C2(C)C)[C@H](NC(=O)c1ccccc1)c1ccccc1. The van der Waals surface area contributed by atoms with E-state index in [0.717, 1.165) is 13.8 Å². The van der Waals surface area contributed by atoms with Crippen molar-refractivity contribution in [1.82, 2.24) is 5.32 Å². The molecule has 1 amide bonds. The fraction of sp³-hybridized carbons (Fsp3) is 0.431. The lowest BCUT2D eigenvalue weighted by Crippen LogP contribution is -2.82. The Morgan fingerprint density at radius 2 is 1.46 bits per heavy atom. The summed E-state index contributed by atoms with van der Waals surface area (Å²) in [5, 5.41) is 28.8. The molecule has 0 spiro atoms. The van der Waals surface area contributed by atoms with Crippen molar-refractivity contribution in [2.75, 3.05) is 6.61 Å². The van der Waals surface area contributed by atoms with E-state index in [-0.39, 0.29) is 41.7 Å². The van der Waals surface area contributed by atoms with Crippen LogP contribution in [-0.4, -0.2) is 106 Å². The molecule has 3 unspecified atom stereocenters. The topological polar surface area (TPSA) is 227 Å². The molecule has 1 saturated heterocycles. The third-order valence-corrected chi connectivity index (χ3v) is 14.0. The van der Waals surface area contributed by atoms with E-state index in [0.29, 0.717) is 5.56 Å². The summed E-state index contributed by atoms with van der Waals surface area (Å²) >= 11 is 0. The van der Waals surface area contributed by atoms with Crippen LogP contribution in [0.5, 0.6) is 0 Å². The van der Waals surface area contributed by atoms with E-state index >= 15 is 9.59 Å². The van der Waals surface area contributed by atoms with Gasteiger partial charge >= 0.3 is 29.8 Å². The minimum absolute atomic E-state index is 0.0300. The molecule has 16 heteroatoms. The van der Waals surface area contributed by atoms with E-state index in [1.165, 1.54) is 32.1 Å². The third-order valence-electron chi connectivity index (χ3n) is 14.0. The molecule has 354 valence electrons. The van der Waals surface area contributed by atoms with Crippen LogP contribution < -0.4 is 5.32 Å². The summed E-state index contributed by atoms with van der Waals surface area (Å²) in [4.78, 5) is 98.4. The molecule has 67 heavy (non-hydrogen) atoms. The highest BCUT2D eigenvalue weighted by atomic mass is 16.6. The zero-order chi connectivity index (χ0) is 48.6. The van der Waals surface area contributed by atoms with Gasteiger partial charge in [0.05, 0.1) is 36.0 Å². The Morgan fingerprint density at radius 1 is 0.866 bits per heavy atom. The average Bonchev–Trinajstić information content (AvgIpc) is 3.29. The van der Waals surface area contributed by atoms with E-state index in [1.54, 1.807) is 92.7 Å². The van der Waals surface area contributed by atoms with Gasteiger partial charge in [-0.1, -0.05) is 86.7 Å². The zero-order valence-electron chi connectivity index (χ0n) is 38.1. The normalized spacial score (nSPS) is 30.2. The van der Waals surface area contributed by atoms with Gasteiger partial charge in [0.1, 0.15) is 30.0 Å². The largest absolute Gasteiger partial charge is 0.455 e. The van der Waals surface area contributed by atoms with Crippen LogP contribution in [0.4, 0.5) is 0 Å². The molecule has 3 N–H and O–H groups in total. The fourth-order valence-corrected chi connectivity index (χ4v) is 10.6. The van der Waals surface area contributed by atoms with Gasteiger partial charge in [-0.3, -0.25) is 24.0 Å². The number of carbonyl (C=O) groups excluding carboxylic acids is 7. The summed E-state index contributed by atoms with van der Waals surface area (Å²) < 4.78 is 36.5. The quantitative estimate of drug-likeness (QED) is 0.118. The first-order valence-electron chi connectivity index (χ1n) is 22.0. The van der Waals surface area contributed by atoms with Crippen LogP contribution in [0.15, 0.2) is 115 Å². The van der Waals surface area contributed by atoms with Gasteiger partial charge in [0.25, 0.3) is 5.91 Å². The van der Waals surface area contributed by atoms with Crippen molar-refractivity contribution >= 4 is 41.5 Å². The van der Waals surface area contributed by atoms with Gasteiger partial charge in [0.15, 0.2) is 17.5 Å². The number of carbonyl (C=O) groups is 7. The highest BCUT2D eigenvalue weighted by Crippen LogP contribution is 2.64. The first-order chi connectivity index (χ1) is 31.7. The number of Topliss-reactive ketones (excluding diaryl/α,β-unsaturated/α-hetero) is 1. The molecule has 4 aliphatic rings. The molecule has 1 heterocycles. The summed E-state index contributed by atoms with van der Waals surface area (Å²) in [6.45, 7) is 11.5. The van der Waals surface area contributed by atoms with E-state index in [4.69, 9.17) is 28.4 Å². The summed E-state index contributed by atoms with van der Waals surface area (Å²) in [5.41, 5.74) is -7.30. The van der Waals surface area contributed by atoms with E-state index in [1.807, 2.05) is 0 Å². The van der Waals surface area contributed by atoms with Gasteiger partial charge in [-0.05, 0) is 54.8 Å². The van der Waals surface area contributed by atoms with E-state index in [2.05, 4.69) is 11.9 Å². The lowest BCUT2D eigenvalue weighted by molar-refractivity contribution is -0.346. The predicted octanol–water partition coefficient (Wildman–Crippen LogP) is 4.86. The molecule has 7 rings (SSSR count). The molecular weight excluding hydrogens is 867 g/mol. The maximum absolute atomic E-state index is 15.6.